The first-order chi connectivity index (χ1) is 14.0. The van der Waals surface area contributed by atoms with Gasteiger partial charge in [-0.1, -0.05) is 11.6 Å². The number of carbonyl (C=O) groups is 1. The lowest BCUT2D eigenvalue weighted by Crippen LogP contribution is -2.48. The van der Waals surface area contributed by atoms with Crippen molar-refractivity contribution in [1.29, 1.82) is 0 Å². The molecule has 8 nitrogen and oxygen atoms in total. The maximum absolute atomic E-state index is 12.8. The zero-order chi connectivity index (χ0) is 20.8. The number of benzene rings is 1. The number of nitrogens with two attached hydrogens (primary N) is 1. The number of halogens is 1. The number of ether oxygens (including phenoxy) is 3. The van der Waals surface area contributed by atoms with E-state index >= 15 is 0 Å². The number of amides is 1. The summed E-state index contributed by atoms with van der Waals surface area (Å²) >= 11 is 6.23. The van der Waals surface area contributed by atoms with Gasteiger partial charge in [0.25, 0.3) is 5.91 Å². The first-order valence-corrected chi connectivity index (χ1v) is 10.4. The number of anilines is 1. The summed E-state index contributed by atoms with van der Waals surface area (Å²) in [5, 5.41) is 13.7. The number of aliphatic hydroxyl groups is 1. The zero-order valence-electron chi connectivity index (χ0n) is 16.8. The van der Waals surface area contributed by atoms with Crippen molar-refractivity contribution in [2.75, 3.05) is 58.8 Å². The molecule has 0 unspecified atom stereocenters. The van der Waals surface area contributed by atoms with E-state index in [9.17, 15) is 9.90 Å². The maximum atomic E-state index is 12.8. The molecule has 0 spiro atoms. The van der Waals surface area contributed by atoms with E-state index in [4.69, 9.17) is 31.5 Å². The van der Waals surface area contributed by atoms with Gasteiger partial charge in [-0.2, -0.15) is 0 Å². The lowest BCUT2D eigenvalue weighted by atomic mass is 9.93. The number of nitrogens with one attached hydrogen (secondary N) is 1. The van der Waals surface area contributed by atoms with Crippen molar-refractivity contribution < 1.29 is 24.1 Å². The van der Waals surface area contributed by atoms with Crippen molar-refractivity contribution in [3.05, 3.63) is 16.7 Å². The molecule has 4 N–H and O–H groups in total. The van der Waals surface area contributed by atoms with Crippen LogP contribution in [-0.4, -0.2) is 75.1 Å². The van der Waals surface area contributed by atoms with E-state index < -0.39 is 6.10 Å². The zero-order valence-corrected chi connectivity index (χ0v) is 17.5. The number of likely N-dealkylation sites (tertiary alicyclic amines) is 1. The standard InChI is InChI=1S/C20H30ClN3O5/c1-27-7-2-5-24-6-4-13(16(25)12-24)11-23-20(26)14-10-15(22)17(21)19-18(14)28-8-3-9-29-19/h10,13,16,25H,2-9,11-12,22H2,1H3,(H,23,26)/t13-,16+/m0/s1. The monoisotopic (exact) mass is 427 g/mol. The number of nitrogens with zero attached hydrogens (tertiary/aromatic N) is 1. The average Bonchev–Trinajstić information content (AvgIpc) is 2.96. The number of carbonyl (C=O) groups excluding carboxylic acids is 1. The molecule has 0 aromatic heterocycles. The molecular weight excluding hydrogens is 398 g/mol. The SMILES string of the molecule is COCCCN1CC[C@@H](CNC(=O)c2cc(N)c(Cl)c3c2OCCCO3)[C@H](O)C1. The van der Waals surface area contributed by atoms with E-state index in [1.165, 1.54) is 6.07 Å². The van der Waals surface area contributed by atoms with Crippen LogP contribution in [0.2, 0.25) is 5.02 Å². The molecule has 1 saturated heterocycles. The molecule has 0 saturated carbocycles. The van der Waals surface area contributed by atoms with E-state index in [1.54, 1.807) is 7.11 Å². The van der Waals surface area contributed by atoms with Crippen LogP contribution in [0, 0.1) is 5.92 Å². The molecular formula is C20H30ClN3O5. The number of hydrogen-bond donors (Lipinski definition) is 3. The highest BCUT2D eigenvalue weighted by Crippen LogP contribution is 2.43. The molecule has 3 rings (SSSR count). The van der Waals surface area contributed by atoms with Gasteiger partial charge in [0.15, 0.2) is 11.5 Å². The Bertz CT molecular complexity index is 718. The third kappa shape index (κ3) is 5.45. The first kappa shape index (κ1) is 22.0. The fourth-order valence-corrected chi connectivity index (χ4v) is 3.92. The van der Waals surface area contributed by atoms with Gasteiger partial charge in [-0.3, -0.25) is 4.79 Å². The number of fused-ring (bicyclic) bond motifs is 1. The van der Waals surface area contributed by atoms with Crippen LogP contribution in [0.5, 0.6) is 11.5 Å². The molecule has 0 bridgehead atoms. The number of aliphatic hydroxyl groups excluding tert-OH is 1. The quantitative estimate of drug-likeness (QED) is 0.447. The second-order valence-electron chi connectivity index (χ2n) is 7.51. The summed E-state index contributed by atoms with van der Waals surface area (Å²) in [6, 6.07) is 1.51. The molecule has 1 amide bonds. The molecule has 9 heteroatoms. The summed E-state index contributed by atoms with van der Waals surface area (Å²) in [5.41, 5.74) is 6.53. The number of methoxy groups -OCH3 is 1. The van der Waals surface area contributed by atoms with Crippen LogP contribution in [0.1, 0.15) is 29.6 Å². The second-order valence-corrected chi connectivity index (χ2v) is 7.89. The van der Waals surface area contributed by atoms with Crippen molar-refractivity contribution in [2.24, 2.45) is 5.92 Å². The summed E-state index contributed by atoms with van der Waals surface area (Å²) in [6.07, 6.45) is 1.96. The predicted molar refractivity (Wildman–Crippen MR) is 111 cm³/mol. The van der Waals surface area contributed by atoms with Crippen molar-refractivity contribution in [2.45, 2.75) is 25.4 Å². The van der Waals surface area contributed by atoms with Crippen LogP contribution in [-0.2, 0) is 4.74 Å². The van der Waals surface area contributed by atoms with E-state index in [2.05, 4.69) is 10.2 Å². The Kier molecular flexibility index (Phi) is 7.83. The highest BCUT2D eigenvalue weighted by Gasteiger charge is 2.29. The lowest BCUT2D eigenvalue weighted by Gasteiger charge is -2.36. The van der Waals surface area contributed by atoms with E-state index in [0.717, 1.165) is 25.9 Å². The minimum absolute atomic E-state index is 0.00181. The summed E-state index contributed by atoms with van der Waals surface area (Å²) in [4.78, 5) is 15.1. The van der Waals surface area contributed by atoms with Gasteiger partial charge in [0, 0.05) is 45.7 Å². The molecule has 29 heavy (non-hydrogen) atoms. The summed E-state index contributed by atoms with van der Waals surface area (Å²) < 4.78 is 16.4. The topological polar surface area (TPSA) is 106 Å². The molecule has 1 aromatic carbocycles. The molecule has 162 valence electrons. The van der Waals surface area contributed by atoms with Crippen LogP contribution >= 0.6 is 11.6 Å². The molecule has 2 atom stereocenters. The molecule has 0 radical (unpaired) electrons. The minimum atomic E-state index is -0.487. The highest BCUT2D eigenvalue weighted by molar-refractivity contribution is 6.35. The molecule has 2 heterocycles. The summed E-state index contributed by atoms with van der Waals surface area (Å²) in [7, 11) is 1.69. The van der Waals surface area contributed by atoms with Crippen molar-refractivity contribution in [3.8, 4) is 11.5 Å². The number of nitrogen functional groups attached to an aromatic ring is 1. The largest absolute Gasteiger partial charge is 0.489 e. The van der Waals surface area contributed by atoms with Gasteiger partial charge in [-0.05, 0) is 25.5 Å². The van der Waals surface area contributed by atoms with Crippen molar-refractivity contribution in [1.82, 2.24) is 10.2 Å². The van der Waals surface area contributed by atoms with Gasteiger partial charge < -0.3 is 35.3 Å². The van der Waals surface area contributed by atoms with Crippen LogP contribution in [0.25, 0.3) is 0 Å². The van der Waals surface area contributed by atoms with Crippen LogP contribution in [0.4, 0.5) is 5.69 Å². The van der Waals surface area contributed by atoms with Crippen molar-refractivity contribution in [3.63, 3.8) is 0 Å². The fourth-order valence-electron chi connectivity index (χ4n) is 3.72. The van der Waals surface area contributed by atoms with Gasteiger partial charge in [0.05, 0.1) is 30.6 Å². The Labute approximate surface area is 176 Å². The van der Waals surface area contributed by atoms with Crippen LogP contribution in [0.15, 0.2) is 6.07 Å². The van der Waals surface area contributed by atoms with Crippen LogP contribution < -0.4 is 20.5 Å². The highest BCUT2D eigenvalue weighted by atomic mass is 35.5. The molecule has 2 aliphatic heterocycles. The average molecular weight is 428 g/mol. The minimum Gasteiger partial charge on any atom is -0.489 e. The van der Waals surface area contributed by atoms with E-state index in [0.29, 0.717) is 56.4 Å². The number of piperidine rings is 1. The number of rotatable bonds is 7. The third-order valence-electron chi connectivity index (χ3n) is 5.38. The molecule has 1 fully saturated rings. The Morgan fingerprint density at radius 1 is 1.41 bits per heavy atom. The Balaban J connectivity index is 1.60. The molecule has 0 aliphatic carbocycles. The van der Waals surface area contributed by atoms with Gasteiger partial charge >= 0.3 is 0 Å². The number of β-amino-alcohol motifs (C(OH)–C–C–N with tert-alkyl or cyclic N) is 1. The Morgan fingerprint density at radius 3 is 2.90 bits per heavy atom. The summed E-state index contributed by atoms with van der Waals surface area (Å²) in [6.45, 7) is 4.38. The van der Waals surface area contributed by atoms with Gasteiger partial charge in [-0.15, -0.1) is 0 Å². The Hall–Kier alpha value is -1.74. The van der Waals surface area contributed by atoms with Gasteiger partial charge in [-0.25, -0.2) is 0 Å². The van der Waals surface area contributed by atoms with E-state index in [-0.39, 0.29) is 22.5 Å². The third-order valence-corrected chi connectivity index (χ3v) is 5.77. The second kappa shape index (κ2) is 10.3. The number of hydrogen-bond acceptors (Lipinski definition) is 7. The van der Waals surface area contributed by atoms with Gasteiger partial charge in [0.1, 0.15) is 5.02 Å². The first-order valence-electron chi connectivity index (χ1n) is 10.1. The molecule has 1 aromatic rings. The normalized spacial score (nSPS) is 22.2. The maximum Gasteiger partial charge on any atom is 0.255 e. The fraction of sp³-hybridized carbons (Fsp3) is 0.650. The lowest BCUT2D eigenvalue weighted by molar-refractivity contribution is 0.0192. The smallest absolute Gasteiger partial charge is 0.255 e. The predicted octanol–water partition coefficient (Wildman–Crippen LogP) is 1.53. The molecule has 2 aliphatic rings. The van der Waals surface area contributed by atoms with Crippen molar-refractivity contribution >= 4 is 23.2 Å². The van der Waals surface area contributed by atoms with Crippen LogP contribution in [0.3, 0.4) is 0 Å². The Morgan fingerprint density at radius 2 is 2.17 bits per heavy atom. The van der Waals surface area contributed by atoms with Gasteiger partial charge in [0.2, 0.25) is 0 Å². The van der Waals surface area contributed by atoms with E-state index in [1.807, 2.05) is 0 Å². The summed E-state index contributed by atoms with van der Waals surface area (Å²) in [5.74, 6) is 0.328.